The van der Waals surface area contributed by atoms with Crippen LogP contribution in [0.5, 0.6) is 0 Å². The number of carbonyl (C=O) groups is 1. The van der Waals surface area contributed by atoms with E-state index >= 15 is 0 Å². The van der Waals surface area contributed by atoms with Gasteiger partial charge in [-0.15, -0.1) is 0 Å². The number of halogens is 3. The van der Waals surface area contributed by atoms with Gasteiger partial charge in [0.1, 0.15) is 6.54 Å². The fourth-order valence-corrected chi connectivity index (χ4v) is 4.34. The van der Waals surface area contributed by atoms with Crippen LogP contribution in [0.15, 0.2) is 70.8 Å². The number of alkyl halides is 3. The van der Waals surface area contributed by atoms with Gasteiger partial charge in [0.15, 0.2) is 5.16 Å². The molecule has 0 spiro atoms. The van der Waals surface area contributed by atoms with Crippen LogP contribution in [0.1, 0.15) is 5.56 Å². The zero-order valence-electron chi connectivity index (χ0n) is 17.2. The lowest BCUT2D eigenvalue weighted by atomic mass is 10.1. The summed E-state index contributed by atoms with van der Waals surface area (Å²) in [6.07, 6.45) is -2.63. The van der Waals surface area contributed by atoms with E-state index in [0.717, 1.165) is 21.9 Å². The molecule has 0 aliphatic carbocycles. The third-order valence-corrected chi connectivity index (χ3v) is 6.47. The first kappa shape index (κ1) is 24.8. The second kappa shape index (κ2) is 10.4. The van der Waals surface area contributed by atoms with Crippen molar-refractivity contribution in [1.29, 1.82) is 0 Å². The van der Waals surface area contributed by atoms with E-state index in [1.165, 1.54) is 18.3 Å². The Morgan fingerprint density at radius 2 is 1.76 bits per heavy atom. The number of primary sulfonamides is 1. The summed E-state index contributed by atoms with van der Waals surface area (Å²) in [5, 5.41) is 7.84. The van der Waals surface area contributed by atoms with E-state index in [9.17, 15) is 26.4 Å². The van der Waals surface area contributed by atoms with E-state index in [-0.39, 0.29) is 28.3 Å². The van der Waals surface area contributed by atoms with Gasteiger partial charge in [-0.25, -0.2) is 18.5 Å². The monoisotopic (exact) mass is 498 g/mol. The Labute approximate surface area is 193 Å². The maximum absolute atomic E-state index is 13.1. The molecule has 2 aromatic carbocycles. The molecule has 3 rings (SSSR count). The standard InChI is InChI=1S/C21H21F3N4O3S2/c22-21(23,24)14-28-18(16-4-2-1-3-5-16)12-27-20(28)32-13-19(29)26-11-10-15-6-8-17(9-7-15)33(25,30)31/h1-9,12H,10-11,13-14H2,(H,26,29)(H2,25,30,31). The average Bonchev–Trinajstić information content (AvgIpc) is 3.13. The summed E-state index contributed by atoms with van der Waals surface area (Å²) in [6.45, 7) is -0.934. The van der Waals surface area contributed by atoms with Gasteiger partial charge in [-0.2, -0.15) is 13.2 Å². The predicted octanol–water partition coefficient (Wildman–Crippen LogP) is 3.21. The fourth-order valence-electron chi connectivity index (χ4n) is 3.02. The smallest absolute Gasteiger partial charge is 0.355 e. The molecule has 1 amide bonds. The Bertz CT molecular complexity index is 1200. The van der Waals surface area contributed by atoms with Gasteiger partial charge < -0.3 is 9.88 Å². The number of nitrogens with two attached hydrogens (primary N) is 1. The third-order valence-electron chi connectivity index (χ3n) is 4.55. The summed E-state index contributed by atoms with van der Waals surface area (Å²) in [4.78, 5) is 16.3. The van der Waals surface area contributed by atoms with Gasteiger partial charge in [-0.1, -0.05) is 54.2 Å². The molecule has 0 bridgehead atoms. The minimum atomic E-state index is -4.44. The molecule has 0 saturated carbocycles. The molecule has 0 aliphatic rings. The zero-order chi connectivity index (χ0) is 24.1. The van der Waals surface area contributed by atoms with Crippen molar-refractivity contribution >= 4 is 27.7 Å². The number of thioether (sulfide) groups is 1. The number of sulfonamides is 1. The molecule has 0 atom stereocenters. The Kier molecular flexibility index (Phi) is 7.82. The molecule has 0 fully saturated rings. The summed E-state index contributed by atoms with van der Waals surface area (Å²) < 4.78 is 63.0. The number of aromatic nitrogens is 2. The zero-order valence-corrected chi connectivity index (χ0v) is 18.9. The van der Waals surface area contributed by atoms with Gasteiger partial charge in [0.2, 0.25) is 15.9 Å². The Hall–Kier alpha value is -2.83. The molecule has 3 aromatic rings. The lowest BCUT2D eigenvalue weighted by molar-refractivity contribution is -0.141. The van der Waals surface area contributed by atoms with Crippen LogP contribution in [0.2, 0.25) is 0 Å². The second-order valence-corrected chi connectivity index (χ2v) is 9.57. The van der Waals surface area contributed by atoms with Gasteiger partial charge in [-0.3, -0.25) is 4.79 Å². The number of amides is 1. The topological polar surface area (TPSA) is 107 Å². The molecule has 1 aromatic heterocycles. The van der Waals surface area contributed by atoms with Crippen LogP contribution < -0.4 is 10.5 Å². The SMILES string of the molecule is NS(=O)(=O)c1ccc(CCNC(=O)CSc2ncc(-c3ccccc3)n2CC(F)(F)F)cc1. The van der Waals surface area contributed by atoms with Crippen molar-refractivity contribution in [2.75, 3.05) is 12.3 Å². The Morgan fingerprint density at radius 1 is 1.09 bits per heavy atom. The minimum absolute atomic E-state index is 0.00378. The van der Waals surface area contributed by atoms with Crippen molar-refractivity contribution in [1.82, 2.24) is 14.9 Å². The number of carbonyl (C=O) groups excluding carboxylic acids is 1. The summed E-state index contributed by atoms with van der Waals surface area (Å²) in [6, 6.07) is 14.6. The number of rotatable bonds is 9. The van der Waals surface area contributed by atoms with Crippen LogP contribution in [-0.2, 0) is 27.8 Å². The quantitative estimate of drug-likeness (QED) is 0.441. The first-order valence-electron chi connectivity index (χ1n) is 9.72. The minimum Gasteiger partial charge on any atom is -0.355 e. The molecule has 7 nitrogen and oxygen atoms in total. The molecular formula is C21H21F3N4O3S2. The van der Waals surface area contributed by atoms with Gasteiger partial charge >= 0.3 is 6.18 Å². The molecule has 0 radical (unpaired) electrons. The van der Waals surface area contributed by atoms with Crippen molar-refractivity contribution < 1.29 is 26.4 Å². The molecule has 176 valence electrons. The normalized spacial score (nSPS) is 12.0. The largest absolute Gasteiger partial charge is 0.406 e. The Morgan fingerprint density at radius 3 is 2.36 bits per heavy atom. The van der Waals surface area contributed by atoms with E-state index in [1.54, 1.807) is 42.5 Å². The van der Waals surface area contributed by atoms with Crippen molar-refractivity contribution in [2.45, 2.75) is 29.2 Å². The number of hydrogen-bond donors (Lipinski definition) is 2. The number of hydrogen-bond acceptors (Lipinski definition) is 5. The van der Waals surface area contributed by atoms with Gasteiger partial charge in [0.05, 0.1) is 22.5 Å². The van der Waals surface area contributed by atoms with Crippen LogP contribution >= 0.6 is 11.8 Å². The number of benzene rings is 2. The van der Waals surface area contributed by atoms with Gasteiger partial charge in [0.25, 0.3) is 0 Å². The molecule has 0 unspecified atom stereocenters. The lowest BCUT2D eigenvalue weighted by Gasteiger charge is -2.14. The summed E-state index contributed by atoms with van der Waals surface area (Å²) >= 11 is 0.922. The van der Waals surface area contributed by atoms with Crippen LogP contribution in [0.4, 0.5) is 13.2 Å². The van der Waals surface area contributed by atoms with Crippen LogP contribution in [-0.4, -0.2) is 42.3 Å². The van der Waals surface area contributed by atoms with E-state index in [4.69, 9.17) is 5.14 Å². The highest BCUT2D eigenvalue weighted by Crippen LogP contribution is 2.29. The highest BCUT2D eigenvalue weighted by molar-refractivity contribution is 7.99. The summed E-state index contributed by atoms with van der Waals surface area (Å²) in [5.74, 6) is -0.461. The Balaban J connectivity index is 1.58. The van der Waals surface area contributed by atoms with Gasteiger partial charge in [0, 0.05) is 6.54 Å². The van der Waals surface area contributed by atoms with E-state index in [1.807, 2.05) is 0 Å². The average molecular weight is 499 g/mol. The highest BCUT2D eigenvalue weighted by atomic mass is 32.2. The van der Waals surface area contributed by atoms with E-state index in [2.05, 4.69) is 10.3 Å². The molecule has 33 heavy (non-hydrogen) atoms. The number of imidazole rings is 1. The van der Waals surface area contributed by atoms with Crippen molar-refractivity contribution in [2.24, 2.45) is 5.14 Å². The molecule has 1 heterocycles. The number of nitrogens with one attached hydrogen (secondary N) is 1. The first-order valence-corrected chi connectivity index (χ1v) is 12.2. The molecule has 0 aliphatic heterocycles. The summed E-state index contributed by atoms with van der Waals surface area (Å²) in [5.41, 5.74) is 1.71. The van der Waals surface area contributed by atoms with Crippen molar-refractivity contribution in [3.05, 3.63) is 66.4 Å². The first-order chi connectivity index (χ1) is 15.5. The third kappa shape index (κ3) is 7.34. The van der Waals surface area contributed by atoms with Crippen LogP contribution in [0.25, 0.3) is 11.3 Å². The fraction of sp³-hybridized carbons (Fsp3) is 0.238. The maximum Gasteiger partial charge on any atom is 0.406 e. The second-order valence-electron chi connectivity index (χ2n) is 7.07. The van der Waals surface area contributed by atoms with Crippen LogP contribution in [0, 0.1) is 0 Å². The maximum atomic E-state index is 13.1. The molecule has 12 heteroatoms. The predicted molar refractivity (Wildman–Crippen MR) is 119 cm³/mol. The van der Waals surface area contributed by atoms with Gasteiger partial charge in [-0.05, 0) is 29.7 Å². The van der Waals surface area contributed by atoms with Crippen molar-refractivity contribution in [3.63, 3.8) is 0 Å². The van der Waals surface area contributed by atoms with Crippen molar-refractivity contribution in [3.8, 4) is 11.3 Å². The molecule has 0 saturated heterocycles. The lowest BCUT2D eigenvalue weighted by Crippen LogP contribution is -2.27. The van der Waals surface area contributed by atoms with E-state index in [0.29, 0.717) is 17.7 Å². The number of nitrogens with zero attached hydrogens (tertiary/aromatic N) is 2. The highest BCUT2D eigenvalue weighted by Gasteiger charge is 2.31. The van der Waals surface area contributed by atoms with Crippen LogP contribution in [0.3, 0.4) is 0 Å². The van der Waals surface area contributed by atoms with E-state index < -0.39 is 22.7 Å². The molecule has 3 N–H and O–H groups in total. The summed E-state index contributed by atoms with van der Waals surface area (Å²) in [7, 11) is -3.77. The molecular weight excluding hydrogens is 477 g/mol.